The van der Waals surface area contributed by atoms with Crippen LogP contribution in [0.5, 0.6) is 0 Å². The largest absolute Gasteiger partial charge is 0.338 e. The molecule has 1 heterocycles. The third-order valence-electron chi connectivity index (χ3n) is 2.84. The molecule has 90 valence electrons. The number of aromatic amines is 1. The Morgan fingerprint density at radius 3 is 2.83 bits per heavy atom. The molecule has 0 atom stereocenters. The van der Waals surface area contributed by atoms with Crippen molar-refractivity contribution in [3.63, 3.8) is 0 Å². The normalized spacial score (nSPS) is 11.1. The average Bonchev–Trinajstić information content (AvgIpc) is 2.73. The maximum Gasteiger partial charge on any atom is 0.138 e. The lowest BCUT2D eigenvalue weighted by molar-refractivity contribution is 1.33. The van der Waals surface area contributed by atoms with E-state index in [1.54, 1.807) is 0 Å². The molecule has 0 saturated heterocycles. The average molecular weight is 413 g/mol. The number of aromatic nitrogens is 2. The van der Waals surface area contributed by atoms with E-state index in [1.807, 2.05) is 6.07 Å². The van der Waals surface area contributed by atoms with Crippen LogP contribution >= 0.6 is 38.5 Å². The van der Waals surface area contributed by atoms with Gasteiger partial charge >= 0.3 is 0 Å². The number of nitrogens with zero attached hydrogens (tertiary/aromatic N) is 1. The van der Waals surface area contributed by atoms with Gasteiger partial charge in [-0.25, -0.2) is 4.98 Å². The third kappa shape index (κ3) is 2.19. The van der Waals surface area contributed by atoms with Gasteiger partial charge in [-0.2, -0.15) is 0 Å². The van der Waals surface area contributed by atoms with E-state index in [4.69, 9.17) is 0 Å². The summed E-state index contributed by atoms with van der Waals surface area (Å²) in [6.07, 6.45) is 0. The standard InChI is InChI=1S/C14H10BrIN2/c1-8-5-10(15)7-12-13(8)18-14(17-12)9-3-2-4-11(16)6-9/h2-7H,1H3,(H,17,18). The summed E-state index contributed by atoms with van der Waals surface area (Å²) in [6.45, 7) is 2.08. The van der Waals surface area contributed by atoms with E-state index in [2.05, 4.69) is 85.7 Å². The van der Waals surface area contributed by atoms with Gasteiger partial charge in [-0.15, -0.1) is 0 Å². The Hall–Kier alpha value is -0.880. The number of hydrogen-bond acceptors (Lipinski definition) is 1. The second-order valence-corrected chi connectivity index (χ2v) is 6.38. The van der Waals surface area contributed by atoms with Gasteiger partial charge in [0.2, 0.25) is 0 Å². The Labute approximate surface area is 127 Å². The molecule has 0 fully saturated rings. The van der Waals surface area contributed by atoms with E-state index in [0.29, 0.717) is 0 Å². The van der Waals surface area contributed by atoms with Crippen molar-refractivity contribution in [3.8, 4) is 11.4 Å². The maximum atomic E-state index is 4.68. The van der Waals surface area contributed by atoms with Crippen LogP contribution in [0.2, 0.25) is 0 Å². The summed E-state index contributed by atoms with van der Waals surface area (Å²) < 4.78 is 2.29. The number of imidazole rings is 1. The summed E-state index contributed by atoms with van der Waals surface area (Å²) in [4.78, 5) is 8.06. The molecule has 0 bridgehead atoms. The van der Waals surface area contributed by atoms with Crippen molar-refractivity contribution in [3.05, 3.63) is 50.0 Å². The number of fused-ring (bicyclic) bond motifs is 1. The fourth-order valence-corrected chi connectivity index (χ4v) is 3.13. The molecule has 0 radical (unpaired) electrons. The van der Waals surface area contributed by atoms with Crippen LogP contribution in [0.1, 0.15) is 5.56 Å². The fraction of sp³-hybridized carbons (Fsp3) is 0.0714. The zero-order valence-electron chi connectivity index (χ0n) is 9.67. The Kier molecular flexibility index (Phi) is 3.15. The molecule has 2 aromatic carbocycles. The van der Waals surface area contributed by atoms with Crippen LogP contribution in [0.3, 0.4) is 0 Å². The van der Waals surface area contributed by atoms with Gasteiger partial charge in [0.15, 0.2) is 0 Å². The van der Waals surface area contributed by atoms with Crippen molar-refractivity contribution in [1.29, 1.82) is 0 Å². The first kappa shape index (κ1) is 12.2. The van der Waals surface area contributed by atoms with Crippen molar-refractivity contribution in [2.24, 2.45) is 0 Å². The van der Waals surface area contributed by atoms with Crippen molar-refractivity contribution in [2.45, 2.75) is 6.92 Å². The minimum absolute atomic E-state index is 0.921. The van der Waals surface area contributed by atoms with Crippen LogP contribution in [0.4, 0.5) is 0 Å². The minimum atomic E-state index is 0.921. The summed E-state index contributed by atoms with van der Waals surface area (Å²) in [5.74, 6) is 0.921. The van der Waals surface area contributed by atoms with E-state index in [0.717, 1.165) is 26.9 Å². The number of rotatable bonds is 1. The molecule has 0 unspecified atom stereocenters. The zero-order valence-corrected chi connectivity index (χ0v) is 13.4. The van der Waals surface area contributed by atoms with Crippen molar-refractivity contribution in [2.75, 3.05) is 0 Å². The minimum Gasteiger partial charge on any atom is -0.338 e. The number of H-pyrrole nitrogens is 1. The lowest BCUT2D eigenvalue weighted by Crippen LogP contribution is -1.81. The first-order valence-electron chi connectivity index (χ1n) is 5.55. The molecule has 0 aliphatic rings. The van der Waals surface area contributed by atoms with E-state index in [1.165, 1.54) is 9.13 Å². The van der Waals surface area contributed by atoms with Crippen LogP contribution < -0.4 is 0 Å². The predicted molar refractivity (Wildman–Crippen MR) is 86.7 cm³/mol. The molecular weight excluding hydrogens is 403 g/mol. The Morgan fingerprint density at radius 2 is 2.06 bits per heavy atom. The molecule has 0 amide bonds. The lowest BCUT2D eigenvalue weighted by atomic mass is 10.2. The molecule has 3 aromatic rings. The van der Waals surface area contributed by atoms with Gasteiger partial charge in [0.05, 0.1) is 11.0 Å². The molecule has 0 spiro atoms. The first-order valence-corrected chi connectivity index (χ1v) is 7.42. The molecule has 0 saturated carbocycles. The Balaban J connectivity index is 2.22. The smallest absolute Gasteiger partial charge is 0.138 e. The summed E-state index contributed by atoms with van der Waals surface area (Å²) in [5.41, 5.74) is 4.39. The number of benzene rings is 2. The summed E-state index contributed by atoms with van der Waals surface area (Å²) in [5, 5.41) is 0. The van der Waals surface area contributed by atoms with Crippen LogP contribution in [0.15, 0.2) is 40.9 Å². The molecule has 1 aromatic heterocycles. The van der Waals surface area contributed by atoms with Crippen molar-refractivity contribution < 1.29 is 0 Å². The van der Waals surface area contributed by atoms with Gasteiger partial charge in [-0.3, -0.25) is 0 Å². The highest BCUT2D eigenvalue weighted by Gasteiger charge is 2.08. The van der Waals surface area contributed by atoms with Gasteiger partial charge in [0.1, 0.15) is 5.82 Å². The number of aryl methyl sites for hydroxylation is 1. The summed E-state index contributed by atoms with van der Waals surface area (Å²) in [6, 6.07) is 12.5. The van der Waals surface area contributed by atoms with Gasteiger partial charge in [-0.1, -0.05) is 28.1 Å². The van der Waals surface area contributed by atoms with Gasteiger partial charge in [-0.05, 0) is 59.3 Å². The molecule has 0 aliphatic heterocycles. The highest BCUT2D eigenvalue weighted by Crippen LogP contribution is 2.26. The van der Waals surface area contributed by atoms with Crippen LogP contribution in [0, 0.1) is 10.5 Å². The predicted octanol–water partition coefficient (Wildman–Crippen LogP) is 4.91. The van der Waals surface area contributed by atoms with Crippen LogP contribution in [-0.2, 0) is 0 Å². The van der Waals surface area contributed by atoms with Gasteiger partial charge < -0.3 is 4.98 Å². The first-order chi connectivity index (χ1) is 8.63. The summed E-state index contributed by atoms with van der Waals surface area (Å²) >= 11 is 5.82. The molecule has 4 heteroatoms. The molecule has 2 nitrogen and oxygen atoms in total. The van der Waals surface area contributed by atoms with Gasteiger partial charge in [0, 0.05) is 13.6 Å². The SMILES string of the molecule is Cc1cc(Br)cc2[nH]c(-c3cccc(I)c3)nc12. The fourth-order valence-electron chi connectivity index (χ4n) is 2.02. The quantitative estimate of drug-likeness (QED) is 0.565. The maximum absolute atomic E-state index is 4.68. The Morgan fingerprint density at radius 1 is 1.22 bits per heavy atom. The van der Waals surface area contributed by atoms with Crippen LogP contribution in [0.25, 0.3) is 22.4 Å². The molecule has 0 aliphatic carbocycles. The van der Waals surface area contributed by atoms with E-state index >= 15 is 0 Å². The lowest BCUT2D eigenvalue weighted by Gasteiger charge is -1.96. The monoisotopic (exact) mass is 412 g/mol. The second-order valence-electron chi connectivity index (χ2n) is 4.21. The zero-order chi connectivity index (χ0) is 12.7. The Bertz CT molecular complexity index is 734. The topological polar surface area (TPSA) is 28.7 Å². The number of halogens is 2. The van der Waals surface area contributed by atoms with E-state index in [-0.39, 0.29) is 0 Å². The molecule has 18 heavy (non-hydrogen) atoms. The number of nitrogens with one attached hydrogen (secondary N) is 1. The van der Waals surface area contributed by atoms with Crippen molar-refractivity contribution >= 4 is 49.6 Å². The number of hydrogen-bond donors (Lipinski definition) is 1. The highest BCUT2D eigenvalue weighted by molar-refractivity contribution is 14.1. The molecule has 1 N–H and O–H groups in total. The third-order valence-corrected chi connectivity index (χ3v) is 3.97. The second kappa shape index (κ2) is 4.66. The molecule has 3 rings (SSSR count). The van der Waals surface area contributed by atoms with E-state index in [9.17, 15) is 0 Å². The van der Waals surface area contributed by atoms with E-state index < -0.39 is 0 Å². The highest BCUT2D eigenvalue weighted by atomic mass is 127. The van der Waals surface area contributed by atoms with Crippen LogP contribution in [-0.4, -0.2) is 9.97 Å². The van der Waals surface area contributed by atoms with Gasteiger partial charge in [0.25, 0.3) is 0 Å². The molecular formula is C14H10BrIN2. The van der Waals surface area contributed by atoms with Crippen molar-refractivity contribution in [1.82, 2.24) is 9.97 Å². The summed E-state index contributed by atoms with van der Waals surface area (Å²) in [7, 11) is 0.